The molecule has 2 aromatic rings. The van der Waals surface area contributed by atoms with Crippen LogP contribution in [0.3, 0.4) is 0 Å². The Hall–Kier alpha value is -3.80. The quantitative estimate of drug-likeness (QED) is 0.425. The van der Waals surface area contributed by atoms with E-state index in [0.717, 1.165) is 18.3 Å². The van der Waals surface area contributed by atoms with E-state index in [9.17, 15) is 28.0 Å². The summed E-state index contributed by atoms with van der Waals surface area (Å²) >= 11 is 0. The lowest BCUT2D eigenvalue weighted by molar-refractivity contribution is -0.137. The molecule has 0 bridgehead atoms. The molecule has 9 heteroatoms. The summed E-state index contributed by atoms with van der Waals surface area (Å²) in [6.45, 7) is 1.78. The van der Waals surface area contributed by atoms with Crippen molar-refractivity contribution >= 4 is 23.3 Å². The van der Waals surface area contributed by atoms with E-state index in [0.29, 0.717) is 0 Å². The molecule has 150 valence electrons. The number of halogens is 3. The summed E-state index contributed by atoms with van der Waals surface area (Å²) in [6, 6.07) is 12.0. The zero-order chi connectivity index (χ0) is 21.4. The maximum Gasteiger partial charge on any atom is 0.416 e. The Morgan fingerprint density at radius 1 is 1.17 bits per heavy atom. The van der Waals surface area contributed by atoms with Gasteiger partial charge in [0.2, 0.25) is 0 Å². The highest BCUT2D eigenvalue weighted by Gasteiger charge is 2.30. The second kappa shape index (κ2) is 9.41. The van der Waals surface area contributed by atoms with Crippen LogP contribution in [0.1, 0.15) is 22.8 Å². The lowest BCUT2D eigenvalue weighted by Gasteiger charge is -2.10. The Kier molecular flexibility index (Phi) is 6.98. The molecule has 6 nitrogen and oxygen atoms in total. The van der Waals surface area contributed by atoms with E-state index in [1.165, 1.54) is 24.3 Å². The van der Waals surface area contributed by atoms with Gasteiger partial charge in [0.1, 0.15) is 11.6 Å². The number of ether oxygens (including phenoxy) is 1. The number of esters is 1. The van der Waals surface area contributed by atoms with Gasteiger partial charge in [-0.2, -0.15) is 18.4 Å². The molecule has 0 unspecified atom stereocenters. The number of nitriles is 1. The van der Waals surface area contributed by atoms with E-state index in [4.69, 9.17) is 4.74 Å². The fourth-order valence-corrected chi connectivity index (χ4v) is 2.26. The van der Waals surface area contributed by atoms with Gasteiger partial charge in [0.15, 0.2) is 0 Å². The van der Waals surface area contributed by atoms with Crippen molar-refractivity contribution in [3.8, 4) is 6.07 Å². The largest absolute Gasteiger partial charge is 0.462 e. The van der Waals surface area contributed by atoms with Crippen LogP contribution in [0.4, 0.5) is 24.5 Å². The van der Waals surface area contributed by atoms with Gasteiger partial charge in [0.05, 0.1) is 23.4 Å². The van der Waals surface area contributed by atoms with Gasteiger partial charge < -0.3 is 15.4 Å². The lowest BCUT2D eigenvalue weighted by Crippen LogP contribution is -2.17. The number of anilines is 2. The third-order valence-electron chi connectivity index (χ3n) is 3.61. The molecule has 0 radical (unpaired) electrons. The van der Waals surface area contributed by atoms with Gasteiger partial charge in [-0.25, -0.2) is 4.79 Å². The first-order valence-corrected chi connectivity index (χ1v) is 8.37. The summed E-state index contributed by atoms with van der Waals surface area (Å²) in [5.41, 5.74) is -0.988. The molecular formula is C20H16F3N3O3. The zero-order valence-corrected chi connectivity index (χ0v) is 15.2. The number of carbonyl (C=O) groups excluding carboxylic acids is 2. The smallest absolute Gasteiger partial charge is 0.416 e. The van der Waals surface area contributed by atoms with Crippen molar-refractivity contribution in [3.05, 3.63) is 71.4 Å². The Morgan fingerprint density at radius 2 is 1.90 bits per heavy atom. The van der Waals surface area contributed by atoms with Crippen molar-refractivity contribution in [2.45, 2.75) is 13.1 Å². The van der Waals surface area contributed by atoms with Crippen LogP contribution in [0.15, 0.2) is 60.3 Å². The van der Waals surface area contributed by atoms with Crippen molar-refractivity contribution in [2.24, 2.45) is 0 Å². The summed E-state index contributed by atoms with van der Waals surface area (Å²) in [7, 11) is 0. The molecule has 0 aliphatic rings. The third kappa shape index (κ3) is 5.84. The molecule has 1 amide bonds. The van der Waals surface area contributed by atoms with E-state index in [2.05, 4.69) is 10.6 Å². The van der Waals surface area contributed by atoms with E-state index < -0.39 is 29.2 Å². The summed E-state index contributed by atoms with van der Waals surface area (Å²) in [4.78, 5) is 24.3. The van der Waals surface area contributed by atoms with Crippen LogP contribution < -0.4 is 10.6 Å². The number of hydrogen-bond acceptors (Lipinski definition) is 5. The molecule has 29 heavy (non-hydrogen) atoms. The molecule has 0 aromatic heterocycles. The normalized spacial score (nSPS) is 11.3. The first-order chi connectivity index (χ1) is 13.8. The predicted molar refractivity (Wildman–Crippen MR) is 99.8 cm³/mol. The summed E-state index contributed by atoms with van der Waals surface area (Å²) < 4.78 is 43.2. The minimum atomic E-state index is -4.52. The second-order valence-electron chi connectivity index (χ2n) is 5.61. The first-order valence-electron chi connectivity index (χ1n) is 8.37. The van der Waals surface area contributed by atoms with Gasteiger partial charge in [0, 0.05) is 11.9 Å². The van der Waals surface area contributed by atoms with E-state index in [-0.39, 0.29) is 23.5 Å². The Morgan fingerprint density at radius 3 is 2.55 bits per heavy atom. The molecule has 0 fully saturated rings. The van der Waals surface area contributed by atoms with Crippen molar-refractivity contribution in [2.75, 3.05) is 17.2 Å². The van der Waals surface area contributed by atoms with Gasteiger partial charge in [-0.15, -0.1) is 0 Å². The molecule has 0 heterocycles. The van der Waals surface area contributed by atoms with Crippen molar-refractivity contribution < 1.29 is 27.5 Å². The van der Waals surface area contributed by atoms with Crippen LogP contribution in [-0.4, -0.2) is 18.5 Å². The first kappa shape index (κ1) is 21.5. The minimum absolute atomic E-state index is 0.0484. The van der Waals surface area contributed by atoms with Crippen molar-refractivity contribution in [3.63, 3.8) is 0 Å². The van der Waals surface area contributed by atoms with E-state index in [1.54, 1.807) is 25.1 Å². The van der Waals surface area contributed by atoms with E-state index >= 15 is 0 Å². The van der Waals surface area contributed by atoms with E-state index in [1.807, 2.05) is 0 Å². The molecule has 0 saturated carbocycles. The fourth-order valence-electron chi connectivity index (χ4n) is 2.26. The maximum absolute atomic E-state index is 12.8. The topological polar surface area (TPSA) is 91.2 Å². The van der Waals surface area contributed by atoms with Gasteiger partial charge in [0.25, 0.3) is 5.91 Å². The molecule has 0 spiro atoms. The number of benzene rings is 2. The average molecular weight is 403 g/mol. The molecule has 2 aromatic carbocycles. The van der Waals surface area contributed by atoms with Crippen molar-refractivity contribution in [1.82, 2.24) is 0 Å². The predicted octanol–water partition coefficient (Wildman–Crippen LogP) is 4.34. The van der Waals surface area contributed by atoms with Gasteiger partial charge in [-0.1, -0.05) is 18.2 Å². The molecule has 0 aliphatic carbocycles. The monoisotopic (exact) mass is 403 g/mol. The van der Waals surface area contributed by atoms with Crippen LogP contribution >= 0.6 is 0 Å². The molecule has 2 N–H and O–H groups in total. The SMILES string of the molecule is CCOC(=O)c1ccccc1NC(=O)/C(C#N)=C\Nc1cccc(C(F)(F)F)c1. The highest BCUT2D eigenvalue weighted by atomic mass is 19.4. The number of amides is 1. The number of carbonyl (C=O) groups is 2. The van der Waals surface area contributed by atoms with Crippen molar-refractivity contribution in [1.29, 1.82) is 5.26 Å². The summed E-state index contributed by atoms with van der Waals surface area (Å²) in [5, 5.41) is 14.1. The summed E-state index contributed by atoms with van der Waals surface area (Å²) in [6.07, 6.45) is -3.54. The number of nitrogens with zero attached hydrogens (tertiary/aromatic N) is 1. The standard InChI is InChI=1S/C20H16F3N3O3/c1-2-29-19(28)16-8-3-4-9-17(16)26-18(27)13(11-24)12-25-15-7-5-6-14(10-15)20(21,22)23/h3-10,12,25H,2H2,1H3,(H,26,27)/b13-12-. The van der Waals surface area contributed by atoms with Crippen LogP contribution in [0, 0.1) is 11.3 Å². The molecular weight excluding hydrogens is 387 g/mol. The van der Waals surface area contributed by atoms with Gasteiger partial charge >= 0.3 is 12.1 Å². The van der Waals surface area contributed by atoms with Crippen LogP contribution in [0.5, 0.6) is 0 Å². The number of para-hydroxylation sites is 1. The second-order valence-corrected chi connectivity index (χ2v) is 5.61. The number of hydrogen-bond donors (Lipinski definition) is 2. The Labute approximate surface area is 164 Å². The molecule has 0 aliphatic heterocycles. The summed E-state index contributed by atoms with van der Waals surface area (Å²) in [5.74, 6) is -1.49. The number of nitrogens with one attached hydrogen (secondary N) is 2. The van der Waals surface area contributed by atoms with Crippen LogP contribution in [0.2, 0.25) is 0 Å². The Bertz CT molecular complexity index is 979. The number of alkyl halides is 3. The minimum Gasteiger partial charge on any atom is -0.462 e. The van der Waals surface area contributed by atoms with Gasteiger partial charge in [-0.3, -0.25) is 4.79 Å². The highest BCUT2D eigenvalue weighted by molar-refractivity contribution is 6.09. The highest BCUT2D eigenvalue weighted by Crippen LogP contribution is 2.30. The average Bonchev–Trinajstić information content (AvgIpc) is 2.68. The molecule has 2 rings (SSSR count). The zero-order valence-electron chi connectivity index (χ0n) is 15.2. The third-order valence-corrected chi connectivity index (χ3v) is 3.61. The lowest BCUT2D eigenvalue weighted by atomic mass is 10.1. The fraction of sp³-hybridized carbons (Fsp3) is 0.150. The molecule has 0 atom stereocenters. The number of rotatable bonds is 6. The van der Waals surface area contributed by atoms with Crippen LogP contribution in [0.25, 0.3) is 0 Å². The van der Waals surface area contributed by atoms with Crippen LogP contribution in [-0.2, 0) is 15.7 Å². The molecule has 0 saturated heterocycles. The van der Waals surface area contributed by atoms with Gasteiger partial charge in [-0.05, 0) is 37.3 Å². The maximum atomic E-state index is 12.8. The Balaban J connectivity index is 2.18.